The van der Waals surface area contributed by atoms with Crippen LogP contribution < -0.4 is 20.2 Å². The van der Waals surface area contributed by atoms with E-state index in [9.17, 15) is 8.42 Å². The van der Waals surface area contributed by atoms with E-state index in [2.05, 4.69) is 15.3 Å². The van der Waals surface area contributed by atoms with Crippen molar-refractivity contribution < 1.29 is 22.4 Å². The molecule has 0 saturated carbocycles. The molecule has 0 atom stereocenters. The molecule has 5 rings (SSSR count). The first-order chi connectivity index (χ1) is 20.5. The molecular formula is C31H34N7O4S+. The summed E-state index contributed by atoms with van der Waals surface area (Å²) < 4.78 is 40.0. The fourth-order valence-electron chi connectivity index (χ4n) is 3.88. The molecule has 1 heterocycles. The Morgan fingerprint density at radius 3 is 1.86 bits per heavy atom. The highest BCUT2D eigenvalue weighted by Crippen LogP contribution is 2.23. The Morgan fingerprint density at radius 2 is 1.37 bits per heavy atom. The molecule has 3 N–H and O–H groups in total. The van der Waals surface area contributed by atoms with Gasteiger partial charge >= 0.3 is 0 Å². The highest BCUT2D eigenvalue weighted by atomic mass is 32.2. The topological polar surface area (TPSA) is 139 Å². The molecule has 0 aliphatic heterocycles. The third-order valence-electron chi connectivity index (χ3n) is 6.35. The van der Waals surface area contributed by atoms with Gasteiger partial charge in [-0.3, -0.25) is 10.4 Å². The monoisotopic (exact) mass is 600 g/mol. The molecule has 5 aromatic rings. The number of rotatable bonds is 8. The quantitative estimate of drug-likeness (QED) is 0.0999. The predicted octanol–water partition coefficient (Wildman–Crippen LogP) is 5.76. The van der Waals surface area contributed by atoms with E-state index < -0.39 is 10.1 Å². The summed E-state index contributed by atoms with van der Waals surface area (Å²) in [6.45, 7) is 4.52. The molecule has 222 valence electrons. The van der Waals surface area contributed by atoms with Crippen LogP contribution in [0.5, 0.6) is 11.5 Å². The number of ether oxygens (including phenoxy) is 1. The van der Waals surface area contributed by atoms with E-state index in [1.54, 1.807) is 4.68 Å². The molecule has 0 spiro atoms. The fraction of sp³-hybridized carbons (Fsp3) is 0.161. The maximum Gasteiger partial charge on any atom is 0.295 e. The van der Waals surface area contributed by atoms with Crippen LogP contribution in [0.4, 0.5) is 17.1 Å². The van der Waals surface area contributed by atoms with Gasteiger partial charge in [0.15, 0.2) is 0 Å². The van der Waals surface area contributed by atoms with Crippen molar-refractivity contribution in [2.24, 2.45) is 10.2 Å². The first-order valence-electron chi connectivity index (χ1n) is 13.3. The Kier molecular flexibility index (Phi) is 9.86. The molecule has 11 nitrogen and oxygen atoms in total. The molecule has 12 heteroatoms. The number of anilines is 1. The normalized spacial score (nSPS) is 11.2. The van der Waals surface area contributed by atoms with E-state index in [4.69, 9.17) is 15.1 Å². The van der Waals surface area contributed by atoms with Gasteiger partial charge in [-0.2, -0.15) is 18.6 Å². The standard InChI is InChI=1S/C17H19N4O.C14H15N3O3S/c1-13-19-20(14(2)21(13)18)12-15-8-10-17(11-9-15)22-16-6-4-3-5-7-16;1-17(2)13-7-3-11(4-8-13)15-16-12-5-9-14(10-6-12)21(18,19)20/h3-11H,12,18H2,1-2H3;3-10H,1-2H3,(H,18,19,20)/q+1;. The van der Waals surface area contributed by atoms with Crippen molar-refractivity contribution >= 4 is 27.2 Å². The minimum atomic E-state index is -4.18. The summed E-state index contributed by atoms with van der Waals surface area (Å²) in [5.74, 6) is 9.24. The van der Waals surface area contributed by atoms with Crippen molar-refractivity contribution in [1.29, 1.82) is 0 Å². The first kappa shape index (κ1) is 30.9. The van der Waals surface area contributed by atoms with Crippen molar-refractivity contribution in [1.82, 2.24) is 9.78 Å². The van der Waals surface area contributed by atoms with Gasteiger partial charge in [0.25, 0.3) is 21.8 Å². The van der Waals surface area contributed by atoms with Crippen molar-refractivity contribution in [3.05, 3.63) is 120 Å². The van der Waals surface area contributed by atoms with Gasteiger partial charge in [0.2, 0.25) is 0 Å². The van der Waals surface area contributed by atoms with Crippen LogP contribution in [0, 0.1) is 13.8 Å². The van der Waals surface area contributed by atoms with Gasteiger partial charge in [0.1, 0.15) is 18.0 Å². The summed E-state index contributed by atoms with van der Waals surface area (Å²) in [5.41, 5.74) is 3.40. The van der Waals surface area contributed by atoms with Crippen LogP contribution in [0.2, 0.25) is 0 Å². The Balaban J connectivity index is 0.000000197. The highest BCUT2D eigenvalue weighted by molar-refractivity contribution is 7.85. The smallest absolute Gasteiger partial charge is 0.295 e. The van der Waals surface area contributed by atoms with E-state index in [1.807, 2.05) is 116 Å². The minimum absolute atomic E-state index is 0.170. The van der Waals surface area contributed by atoms with Gasteiger partial charge in [0.05, 0.1) is 16.3 Å². The van der Waals surface area contributed by atoms with Crippen LogP contribution in [-0.2, 0) is 16.7 Å². The van der Waals surface area contributed by atoms with Gasteiger partial charge in [-0.05, 0) is 78.4 Å². The van der Waals surface area contributed by atoms with E-state index in [0.29, 0.717) is 17.9 Å². The number of aryl methyl sites for hydroxylation is 1. The molecule has 0 amide bonds. The lowest BCUT2D eigenvalue weighted by Gasteiger charge is -2.11. The van der Waals surface area contributed by atoms with Crippen LogP contribution in [0.1, 0.15) is 17.2 Å². The van der Waals surface area contributed by atoms with Crippen LogP contribution in [-0.4, -0.2) is 36.8 Å². The van der Waals surface area contributed by atoms with E-state index in [-0.39, 0.29) is 4.90 Å². The SMILES string of the molecule is CN(C)c1ccc(N=Nc2ccc(S(=O)(=O)O)cc2)cc1.Cc1nn(Cc2ccc(Oc3ccccc3)cc2)c(C)[n+]1N. The van der Waals surface area contributed by atoms with Gasteiger partial charge < -0.3 is 9.64 Å². The number of benzene rings is 4. The fourth-order valence-corrected chi connectivity index (χ4v) is 4.36. The zero-order valence-electron chi connectivity index (χ0n) is 24.4. The molecule has 0 aliphatic rings. The summed E-state index contributed by atoms with van der Waals surface area (Å²) in [4.78, 5) is 1.81. The summed E-state index contributed by atoms with van der Waals surface area (Å²) >= 11 is 0. The number of aromatic nitrogens is 3. The zero-order chi connectivity index (χ0) is 31.0. The lowest BCUT2D eigenvalue weighted by Crippen LogP contribution is -2.48. The third-order valence-corrected chi connectivity index (χ3v) is 7.22. The molecule has 43 heavy (non-hydrogen) atoms. The minimum Gasteiger partial charge on any atom is -0.457 e. The number of nitrogen functional groups attached to an aromatic ring is 1. The number of nitrogens with two attached hydrogens (primary N) is 1. The molecule has 0 aliphatic carbocycles. The number of azo groups is 1. The predicted molar refractivity (Wildman–Crippen MR) is 165 cm³/mol. The number of nitrogens with zero attached hydrogens (tertiary/aromatic N) is 6. The molecule has 0 saturated heterocycles. The van der Waals surface area contributed by atoms with Crippen LogP contribution in [0.15, 0.2) is 118 Å². The van der Waals surface area contributed by atoms with Crippen LogP contribution in [0.25, 0.3) is 0 Å². The van der Waals surface area contributed by atoms with Crippen LogP contribution >= 0.6 is 0 Å². The third kappa shape index (κ3) is 8.71. The summed E-state index contributed by atoms with van der Waals surface area (Å²) in [7, 11) is -0.273. The van der Waals surface area contributed by atoms with Crippen molar-refractivity contribution in [3.63, 3.8) is 0 Å². The summed E-state index contributed by atoms with van der Waals surface area (Å²) in [6.07, 6.45) is 0. The number of hydrogen-bond donors (Lipinski definition) is 2. The number of para-hydroxylation sites is 1. The van der Waals surface area contributed by atoms with E-state index in [0.717, 1.165) is 34.4 Å². The number of hydrogen-bond acceptors (Lipinski definition) is 8. The summed E-state index contributed by atoms with van der Waals surface area (Å²) in [5, 5.41) is 12.5. The average molecular weight is 601 g/mol. The molecular weight excluding hydrogens is 566 g/mol. The van der Waals surface area contributed by atoms with Gasteiger partial charge in [-0.15, -0.1) is 9.36 Å². The Hall–Kier alpha value is -5.07. The Labute approximate surface area is 251 Å². The second-order valence-corrected chi connectivity index (χ2v) is 11.2. The maximum atomic E-state index is 10.9. The Morgan fingerprint density at radius 1 is 0.837 bits per heavy atom. The van der Waals surface area contributed by atoms with Crippen molar-refractivity contribution in [2.75, 3.05) is 24.8 Å². The first-order valence-corrected chi connectivity index (χ1v) is 14.7. The largest absolute Gasteiger partial charge is 0.457 e. The van der Waals surface area contributed by atoms with Gasteiger partial charge in [-0.25, -0.2) is 0 Å². The lowest BCUT2D eigenvalue weighted by molar-refractivity contribution is -0.652. The second-order valence-electron chi connectivity index (χ2n) is 9.76. The highest BCUT2D eigenvalue weighted by Gasteiger charge is 2.17. The second kappa shape index (κ2) is 13.7. The van der Waals surface area contributed by atoms with Crippen LogP contribution in [0.3, 0.4) is 0 Å². The molecule has 4 aromatic carbocycles. The van der Waals surface area contributed by atoms with Gasteiger partial charge in [-0.1, -0.05) is 30.3 Å². The molecule has 0 unspecified atom stereocenters. The van der Waals surface area contributed by atoms with Gasteiger partial charge in [0, 0.05) is 38.7 Å². The average Bonchev–Trinajstić information content (AvgIpc) is 3.24. The van der Waals surface area contributed by atoms with Crippen molar-refractivity contribution in [2.45, 2.75) is 25.3 Å². The maximum absolute atomic E-state index is 10.9. The summed E-state index contributed by atoms with van der Waals surface area (Å²) in [6, 6.07) is 30.8. The molecule has 1 aromatic heterocycles. The molecule has 0 bridgehead atoms. The lowest BCUT2D eigenvalue weighted by atomic mass is 10.2. The zero-order valence-corrected chi connectivity index (χ0v) is 25.2. The molecule has 0 radical (unpaired) electrons. The van der Waals surface area contributed by atoms with E-state index in [1.165, 1.54) is 24.3 Å². The van der Waals surface area contributed by atoms with Crippen molar-refractivity contribution in [3.8, 4) is 11.5 Å². The molecule has 0 fully saturated rings. The van der Waals surface area contributed by atoms with E-state index >= 15 is 0 Å². The Bertz CT molecular complexity index is 1770.